The molecule has 1 fully saturated rings. The Bertz CT molecular complexity index is 2090. The molecule has 1 aliphatic carbocycles. The van der Waals surface area contributed by atoms with Crippen molar-refractivity contribution in [2.24, 2.45) is 5.92 Å². The molecule has 0 saturated heterocycles. The zero-order valence-corrected chi connectivity index (χ0v) is 27.4. The molecule has 2 amide bonds. The van der Waals surface area contributed by atoms with Crippen LogP contribution in [0, 0.1) is 11.7 Å². The third kappa shape index (κ3) is 6.62. The quantitative estimate of drug-likeness (QED) is 0.192. The lowest BCUT2D eigenvalue weighted by atomic mass is 9.93. The molecule has 0 bridgehead atoms. The van der Waals surface area contributed by atoms with Crippen LogP contribution in [-0.4, -0.2) is 49.7 Å². The van der Waals surface area contributed by atoms with Gasteiger partial charge >= 0.3 is 0 Å². The number of rotatable bonds is 10. The Labute approximate surface area is 273 Å². The van der Waals surface area contributed by atoms with E-state index in [0.29, 0.717) is 39.2 Å². The number of benzene rings is 3. The molecule has 0 aliphatic heterocycles. The molecule has 11 heteroatoms. The lowest BCUT2D eigenvalue weighted by molar-refractivity contribution is 0.0910. The van der Waals surface area contributed by atoms with E-state index < -0.39 is 27.3 Å². The second kappa shape index (κ2) is 12.3. The minimum absolute atomic E-state index is 0.222. The minimum Gasteiger partial charge on any atom is -0.355 e. The average molecular weight is 654 g/mol. The molecule has 242 valence electrons. The van der Waals surface area contributed by atoms with E-state index in [4.69, 9.17) is 5.10 Å². The van der Waals surface area contributed by atoms with Crippen LogP contribution < -0.4 is 14.9 Å². The van der Waals surface area contributed by atoms with Crippen LogP contribution >= 0.6 is 0 Å². The number of halogens is 1. The number of sulfonamides is 1. The molecule has 2 heterocycles. The number of hydrogen-bond acceptors (Lipinski definition) is 5. The van der Waals surface area contributed by atoms with Gasteiger partial charge in [-0.1, -0.05) is 42.5 Å². The number of fused-ring (bicyclic) bond motifs is 1. The van der Waals surface area contributed by atoms with Gasteiger partial charge in [-0.05, 0) is 86.2 Å². The molecule has 2 aromatic heterocycles. The Morgan fingerprint density at radius 2 is 1.66 bits per heavy atom. The standard InChI is InChI=1S/C36H36FN5O4S/c1-36(2,27-11-6-5-7-12-27)39-34(43)26-10-8-9-25(19-26)29-20-30-32(35(44)38-3)33(24-15-17-28(37)18-16-24)40-41(30)22-31(29)42(47(4,45)46)21-23-13-14-23/h5-12,15-20,22-23H,13-14,21H2,1-4H3,(H,38,44)(H,39,43). The summed E-state index contributed by atoms with van der Waals surface area (Å²) in [5.41, 5.74) is 3.64. The van der Waals surface area contributed by atoms with Gasteiger partial charge in [0.25, 0.3) is 11.8 Å². The van der Waals surface area contributed by atoms with Crippen LogP contribution in [0.3, 0.4) is 0 Å². The van der Waals surface area contributed by atoms with Crippen molar-refractivity contribution in [1.29, 1.82) is 0 Å². The molecule has 0 atom stereocenters. The number of amides is 2. The Kier molecular flexibility index (Phi) is 8.35. The van der Waals surface area contributed by atoms with Crippen LogP contribution in [0.2, 0.25) is 0 Å². The molecule has 1 aliphatic rings. The molecule has 0 radical (unpaired) electrons. The highest BCUT2D eigenvalue weighted by atomic mass is 32.2. The topological polar surface area (TPSA) is 113 Å². The molecular formula is C36H36FN5O4S. The summed E-state index contributed by atoms with van der Waals surface area (Å²) in [4.78, 5) is 26.9. The fourth-order valence-corrected chi connectivity index (χ4v) is 6.71. The smallest absolute Gasteiger partial charge is 0.255 e. The molecule has 3 aromatic carbocycles. The van der Waals surface area contributed by atoms with Crippen LogP contribution in [0.5, 0.6) is 0 Å². The predicted octanol–water partition coefficient (Wildman–Crippen LogP) is 6.01. The van der Waals surface area contributed by atoms with E-state index in [1.54, 1.807) is 42.6 Å². The summed E-state index contributed by atoms with van der Waals surface area (Å²) in [6.45, 7) is 4.14. The number of pyridine rings is 1. The molecular weight excluding hydrogens is 617 g/mol. The average Bonchev–Trinajstić information content (AvgIpc) is 3.81. The maximum Gasteiger partial charge on any atom is 0.255 e. The number of nitrogens with one attached hydrogen (secondary N) is 2. The molecule has 47 heavy (non-hydrogen) atoms. The largest absolute Gasteiger partial charge is 0.355 e. The normalized spacial score (nSPS) is 13.4. The number of carbonyl (C=O) groups is 2. The first-order valence-electron chi connectivity index (χ1n) is 15.4. The summed E-state index contributed by atoms with van der Waals surface area (Å²) in [6.07, 6.45) is 4.63. The first kappa shape index (κ1) is 31.9. The van der Waals surface area contributed by atoms with Crippen molar-refractivity contribution >= 4 is 33.0 Å². The van der Waals surface area contributed by atoms with E-state index in [9.17, 15) is 22.4 Å². The van der Waals surface area contributed by atoms with Gasteiger partial charge in [-0.15, -0.1) is 0 Å². The maximum atomic E-state index is 13.8. The monoisotopic (exact) mass is 653 g/mol. The van der Waals surface area contributed by atoms with E-state index in [-0.39, 0.29) is 23.9 Å². The Morgan fingerprint density at radius 1 is 0.957 bits per heavy atom. The number of hydrogen-bond donors (Lipinski definition) is 2. The van der Waals surface area contributed by atoms with Gasteiger partial charge in [0.05, 0.1) is 34.8 Å². The number of carbonyl (C=O) groups excluding carboxylic acids is 2. The minimum atomic E-state index is -3.74. The highest BCUT2D eigenvalue weighted by Gasteiger charge is 2.32. The fraction of sp³-hybridized carbons (Fsp3) is 0.250. The summed E-state index contributed by atoms with van der Waals surface area (Å²) in [6, 6.07) is 24.0. The van der Waals surface area contributed by atoms with Gasteiger partial charge in [-0.2, -0.15) is 5.10 Å². The van der Waals surface area contributed by atoms with Crippen molar-refractivity contribution in [3.63, 3.8) is 0 Å². The van der Waals surface area contributed by atoms with E-state index in [2.05, 4.69) is 10.6 Å². The number of aromatic nitrogens is 2. The first-order valence-corrected chi connectivity index (χ1v) is 17.2. The van der Waals surface area contributed by atoms with Gasteiger partial charge < -0.3 is 10.6 Å². The van der Waals surface area contributed by atoms with Gasteiger partial charge in [0.1, 0.15) is 11.5 Å². The molecule has 9 nitrogen and oxygen atoms in total. The lowest BCUT2D eigenvalue weighted by Gasteiger charge is -2.27. The Balaban J connectivity index is 1.53. The maximum absolute atomic E-state index is 13.8. The molecule has 6 rings (SSSR count). The second-order valence-electron chi connectivity index (χ2n) is 12.5. The zero-order valence-electron chi connectivity index (χ0n) is 26.6. The second-order valence-corrected chi connectivity index (χ2v) is 14.4. The highest BCUT2D eigenvalue weighted by Crippen LogP contribution is 2.39. The summed E-state index contributed by atoms with van der Waals surface area (Å²) in [5, 5.41) is 10.5. The lowest BCUT2D eigenvalue weighted by Crippen LogP contribution is -2.40. The van der Waals surface area contributed by atoms with Crippen molar-refractivity contribution < 1.29 is 22.4 Å². The molecule has 2 N–H and O–H groups in total. The summed E-state index contributed by atoms with van der Waals surface area (Å²) < 4.78 is 43.3. The van der Waals surface area contributed by atoms with Crippen LogP contribution in [-0.2, 0) is 15.6 Å². The highest BCUT2D eigenvalue weighted by molar-refractivity contribution is 7.92. The van der Waals surface area contributed by atoms with Gasteiger partial charge in [0.15, 0.2) is 0 Å². The molecule has 0 spiro atoms. The third-order valence-electron chi connectivity index (χ3n) is 8.47. The van der Waals surface area contributed by atoms with E-state index >= 15 is 0 Å². The third-order valence-corrected chi connectivity index (χ3v) is 9.61. The van der Waals surface area contributed by atoms with E-state index in [0.717, 1.165) is 18.4 Å². The van der Waals surface area contributed by atoms with Crippen molar-refractivity contribution in [2.75, 3.05) is 24.2 Å². The fourth-order valence-electron chi connectivity index (χ4n) is 5.73. The van der Waals surface area contributed by atoms with Crippen molar-refractivity contribution in [3.8, 4) is 22.4 Å². The van der Waals surface area contributed by atoms with Crippen molar-refractivity contribution in [3.05, 3.63) is 114 Å². The van der Waals surface area contributed by atoms with E-state index in [1.807, 2.05) is 50.2 Å². The van der Waals surface area contributed by atoms with Gasteiger partial charge in [0.2, 0.25) is 10.0 Å². The predicted molar refractivity (Wildman–Crippen MR) is 181 cm³/mol. The SMILES string of the molecule is CNC(=O)c1c(-c2ccc(F)cc2)nn2cc(N(CC3CC3)S(C)(=O)=O)c(-c3cccc(C(=O)NC(C)(C)c4ccccc4)c3)cc12. The summed E-state index contributed by atoms with van der Waals surface area (Å²) >= 11 is 0. The van der Waals surface area contributed by atoms with Gasteiger partial charge in [-0.3, -0.25) is 13.9 Å². The van der Waals surface area contributed by atoms with Gasteiger partial charge in [0, 0.05) is 30.3 Å². The van der Waals surface area contributed by atoms with Crippen molar-refractivity contribution in [2.45, 2.75) is 32.2 Å². The van der Waals surface area contributed by atoms with Crippen molar-refractivity contribution in [1.82, 2.24) is 20.2 Å². The van der Waals surface area contributed by atoms with Crippen LogP contribution in [0.4, 0.5) is 10.1 Å². The summed E-state index contributed by atoms with van der Waals surface area (Å²) in [7, 11) is -2.23. The summed E-state index contributed by atoms with van der Waals surface area (Å²) in [5.74, 6) is -0.912. The first-order chi connectivity index (χ1) is 22.4. The zero-order chi connectivity index (χ0) is 33.5. The van der Waals surface area contributed by atoms with Crippen LogP contribution in [0.15, 0.2) is 91.1 Å². The molecule has 0 unspecified atom stereocenters. The Morgan fingerprint density at radius 3 is 2.30 bits per heavy atom. The molecule has 1 saturated carbocycles. The van der Waals surface area contributed by atoms with Crippen LogP contribution in [0.1, 0.15) is 53.0 Å². The van der Waals surface area contributed by atoms with Crippen LogP contribution in [0.25, 0.3) is 27.9 Å². The Hall–Kier alpha value is -5.03. The van der Waals surface area contributed by atoms with E-state index in [1.165, 1.54) is 34.3 Å². The number of nitrogens with zero attached hydrogens (tertiary/aromatic N) is 3. The van der Waals surface area contributed by atoms with Gasteiger partial charge in [-0.25, -0.2) is 17.3 Å². The number of anilines is 1. The molecule has 5 aromatic rings.